The van der Waals surface area contributed by atoms with E-state index in [9.17, 15) is 4.79 Å². The molecule has 0 spiro atoms. The van der Waals surface area contributed by atoms with Crippen molar-refractivity contribution < 1.29 is 4.79 Å². The predicted octanol–water partition coefficient (Wildman–Crippen LogP) is 3.47. The van der Waals surface area contributed by atoms with Gasteiger partial charge in [0.05, 0.1) is 5.92 Å². The molecule has 1 aliphatic rings. The second kappa shape index (κ2) is 8.23. The van der Waals surface area contributed by atoms with Crippen molar-refractivity contribution in [1.82, 2.24) is 10.2 Å². The fraction of sp³-hybridized carbons (Fsp3) is 0.300. The largest absolute Gasteiger partial charge is 0.356 e. The van der Waals surface area contributed by atoms with Crippen molar-refractivity contribution in [1.29, 1.82) is 0 Å². The summed E-state index contributed by atoms with van der Waals surface area (Å²) in [6.45, 7) is 1.32. The summed E-state index contributed by atoms with van der Waals surface area (Å²) < 4.78 is 0. The number of benzene rings is 2. The number of carbonyl (C=O) groups excluding carboxylic acids is 1. The van der Waals surface area contributed by atoms with Gasteiger partial charge in [0.2, 0.25) is 5.91 Å². The maximum absolute atomic E-state index is 12.2. The molecule has 5 nitrogen and oxygen atoms in total. The monoisotopic (exact) mass is 370 g/mol. The van der Waals surface area contributed by atoms with E-state index >= 15 is 0 Å². The zero-order chi connectivity index (χ0) is 18.5. The molecule has 1 heterocycles. The number of hydrogen-bond acceptors (Lipinski definition) is 2. The van der Waals surface area contributed by atoms with Gasteiger partial charge in [0.15, 0.2) is 5.96 Å². The van der Waals surface area contributed by atoms with Crippen molar-refractivity contribution in [3.05, 3.63) is 64.7 Å². The molecule has 0 aromatic heterocycles. The zero-order valence-electron chi connectivity index (χ0n) is 15.0. The van der Waals surface area contributed by atoms with E-state index in [4.69, 9.17) is 11.6 Å². The van der Waals surface area contributed by atoms with Crippen LogP contribution < -0.4 is 10.6 Å². The van der Waals surface area contributed by atoms with Crippen LogP contribution in [0.25, 0.3) is 0 Å². The quantitative estimate of drug-likeness (QED) is 0.626. The molecule has 26 heavy (non-hydrogen) atoms. The summed E-state index contributed by atoms with van der Waals surface area (Å²) in [7, 11) is 3.72. The summed E-state index contributed by atoms with van der Waals surface area (Å²) in [6.07, 6.45) is 0.710. The standard InChI is InChI=1S/C20H23ClN4O/c1-22-20(25(2)13-14-7-3-5-9-17(14)21)23-12-11-16-15-8-4-6-10-18(15)24-19(16)26/h3-10,16H,11-13H2,1-2H3,(H,22,23)(H,24,26). The molecule has 1 atom stereocenters. The molecule has 2 aromatic rings. The number of carbonyl (C=O) groups is 1. The number of halogens is 1. The number of para-hydroxylation sites is 1. The Bertz CT molecular complexity index is 821. The van der Waals surface area contributed by atoms with E-state index in [-0.39, 0.29) is 11.8 Å². The molecule has 1 unspecified atom stereocenters. The summed E-state index contributed by atoms with van der Waals surface area (Å²) in [6, 6.07) is 15.6. The van der Waals surface area contributed by atoms with Crippen molar-refractivity contribution >= 4 is 29.2 Å². The molecule has 3 rings (SSSR count). The van der Waals surface area contributed by atoms with E-state index in [1.54, 1.807) is 7.05 Å². The summed E-state index contributed by atoms with van der Waals surface area (Å²) >= 11 is 6.24. The minimum atomic E-state index is -0.120. The zero-order valence-corrected chi connectivity index (χ0v) is 15.8. The second-order valence-corrected chi connectivity index (χ2v) is 6.75. The number of anilines is 1. The first-order chi connectivity index (χ1) is 12.6. The molecular formula is C20H23ClN4O. The van der Waals surface area contributed by atoms with Crippen LogP contribution in [0.4, 0.5) is 5.69 Å². The van der Waals surface area contributed by atoms with E-state index < -0.39 is 0 Å². The number of fused-ring (bicyclic) bond motifs is 1. The Hall–Kier alpha value is -2.53. The van der Waals surface area contributed by atoms with Gasteiger partial charge in [0, 0.05) is 37.9 Å². The van der Waals surface area contributed by atoms with Crippen molar-refractivity contribution in [3.8, 4) is 0 Å². The molecule has 1 aliphatic heterocycles. The van der Waals surface area contributed by atoms with Crippen LogP contribution in [-0.2, 0) is 11.3 Å². The number of rotatable bonds is 5. The van der Waals surface area contributed by atoms with Crippen LogP contribution in [0, 0.1) is 0 Å². The maximum Gasteiger partial charge on any atom is 0.232 e. The van der Waals surface area contributed by atoms with Gasteiger partial charge in [0.1, 0.15) is 0 Å². The highest BCUT2D eigenvalue weighted by molar-refractivity contribution is 6.31. The van der Waals surface area contributed by atoms with Gasteiger partial charge in [0.25, 0.3) is 0 Å². The maximum atomic E-state index is 12.2. The molecule has 1 amide bonds. The molecule has 0 saturated carbocycles. The predicted molar refractivity (Wildman–Crippen MR) is 107 cm³/mol. The average Bonchev–Trinajstić information content (AvgIpc) is 2.96. The van der Waals surface area contributed by atoms with Gasteiger partial charge in [-0.05, 0) is 29.7 Å². The third kappa shape index (κ3) is 3.99. The third-order valence-electron chi connectivity index (χ3n) is 4.57. The van der Waals surface area contributed by atoms with Crippen LogP contribution in [0.2, 0.25) is 5.02 Å². The molecule has 0 aliphatic carbocycles. The van der Waals surface area contributed by atoms with E-state index in [0.717, 1.165) is 27.8 Å². The smallest absolute Gasteiger partial charge is 0.232 e. The lowest BCUT2D eigenvalue weighted by atomic mass is 9.97. The summed E-state index contributed by atoms with van der Waals surface area (Å²) in [5.41, 5.74) is 3.03. The van der Waals surface area contributed by atoms with E-state index in [0.29, 0.717) is 19.5 Å². The van der Waals surface area contributed by atoms with Crippen molar-refractivity contribution in [2.24, 2.45) is 4.99 Å². The SMILES string of the molecule is CN=C(NCCC1C(=O)Nc2ccccc21)N(C)Cc1ccccc1Cl. The Labute approximate surface area is 159 Å². The fourth-order valence-electron chi connectivity index (χ4n) is 3.23. The van der Waals surface area contributed by atoms with Crippen LogP contribution in [0.1, 0.15) is 23.5 Å². The Morgan fingerprint density at radius 3 is 2.73 bits per heavy atom. The molecule has 0 bridgehead atoms. The van der Waals surface area contributed by atoms with E-state index in [1.807, 2.05) is 60.5 Å². The lowest BCUT2D eigenvalue weighted by Gasteiger charge is -2.23. The number of nitrogens with zero attached hydrogens (tertiary/aromatic N) is 2. The third-order valence-corrected chi connectivity index (χ3v) is 4.93. The Kier molecular flexibility index (Phi) is 5.78. The highest BCUT2D eigenvalue weighted by atomic mass is 35.5. The van der Waals surface area contributed by atoms with Gasteiger partial charge in [-0.25, -0.2) is 0 Å². The Morgan fingerprint density at radius 1 is 1.23 bits per heavy atom. The van der Waals surface area contributed by atoms with E-state index in [2.05, 4.69) is 15.6 Å². The lowest BCUT2D eigenvalue weighted by molar-refractivity contribution is -0.117. The minimum Gasteiger partial charge on any atom is -0.356 e. The number of amides is 1. The first kappa shape index (κ1) is 18.3. The van der Waals surface area contributed by atoms with Crippen LogP contribution in [0.3, 0.4) is 0 Å². The molecule has 0 saturated heterocycles. The first-order valence-corrected chi connectivity index (χ1v) is 9.03. The minimum absolute atomic E-state index is 0.0624. The van der Waals surface area contributed by atoms with Gasteiger partial charge < -0.3 is 15.5 Å². The number of guanidine groups is 1. The van der Waals surface area contributed by atoms with Gasteiger partial charge in [-0.3, -0.25) is 9.79 Å². The Balaban J connectivity index is 1.56. The molecule has 136 valence electrons. The van der Waals surface area contributed by atoms with E-state index in [1.165, 1.54) is 0 Å². The second-order valence-electron chi connectivity index (χ2n) is 6.34. The van der Waals surface area contributed by atoms with Crippen molar-refractivity contribution in [2.45, 2.75) is 18.9 Å². The molecule has 2 N–H and O–H groups in total. The molecular weight excluding hydrogens is 348 g/mol. The lowest BCUT2D eigenvalue weighted by Crippen LogP contribution is -2.39. The highest BCUT2D eigenvalue weighted by Gasteiger charge is 2.29. The molecule has 0 radical (unpaired) electrons. The normalized spacial score (nSPS) is 16.2. The van der Waals surface area contributed by atoms with Crippen molar-refractivity contribution in [3.63, 3.8) is 0 Å². The first-order valence-electron chi connectivity index (χ1n) is 8.65. The van der Waals surface area contributed by atoms with Gasteiger partial charge in [-0.15, -0.1) is 0 Å². The number of aliphatic imine (C=N–C) groups is 1. The Morgan fingerprint density at radius 2 is 1.96 bits per heavy atom. The van der Waals surface area contributed by atoms with Crippen LogP contribution in [0.5, 0.6) is 0 Å². The molecule has 0 fully saturated rings. The molecule has 6 heteroatoms. The summed E-state index contributed by atoms with van der Waals surface area (Å²) in [5, 5.41) is 7.02. The fourth-order valence-corrected chi connectivity index (χ4v) is 3.43. The summed E-state index contributed by atoms with van der Waals surface area (Å²) in [4.78, 5) is 18.5. The van der Waals surface area contributed by atoms with Crippen LogP contribution >= 0.6 is 11.6 Å². The van der Waals surface area contributed by atoms with Gasteiger partial charge in [-0.1, -0.05) is 48.0 Å². The van der Waals surface area contributed by atoms with Crippen molar-refractivity contribution in [2.75, 3.05) is 26.0 Å². The van der Waals surface area contributed by atoms with Gasteiger partial charge >= 0.3 is 0 Å². The number of hydrogen-bond donors (Lipinski definition) is 2. The van der Waals surface area contributed by atoms with Crippen LogP contribution in [0.15, 0.2) is 53.5 Å². The molecule has 2 aromatic carbocycles. The number of nitrogens with one attached hydrogen (secondary N) is 2. The van der Waals surface area contributed by atoms with Gasteiger partial charge in [-0.2, -0.15) is 0 Å². The summed E-state index contributed by atoms with van der Waals surface area (Å²) in [5.74, 6) is 0.717. The topological polar surface area (TPSA) is 56.7 Å². The highest BCUT2D eigenvalue weighted by Crippen LogP contribution is 2.33. The average molecular weight is 371 g/mol. The van der Waals surface area contributed by atoms with Crippen LogP contribution in [-0.4, -0.2) is 37.4 Å².